The van der Waals surface area contributed by atoms with Gasteiger partial charge in [0.15, 0.2) is 0 Å². The van der Waals surface area contributed by atoms with Crippen LogP contribution in [0.25, 0.3) is 0 Å². The molecule has 10 heteroatoms. The molecule has 0 atom stereocenters. The molecular formula is C27H24N8O2. The normalized spacial score (nSPS) is 10.7. The Morgan fingerprint density at radius 1 is 0.676 bits per heavy atom. The number of anilines is 1. The van der Waals surface area contributed by atoms with Crippen molar-refractivity contribution in [2.45, 2.75) is 19.6 Å². The van der Waals surface area contributed by atoms with Crippen molar-refractivity contribution in [2.24, 2.45) is 0 Å². The zero-order valence-electron chi connectivity index (χ0n) is 19.9. The molecule has 0 aliphatic rings. The van der Waals surface area contributed by atoms with Crippen LogP contribution in [0.15, 0.2) is 98.1 Å². The summed E-state index contributed by atoms with van der Waals surface area (Å²) in [6.45, 7) is 1.51. The summed E-state index contributed by atoms with van der Waals surface area (Å²) in [5.41, 5.74) is 4.69. The van der Waals surface area contributed by atoms with Gasteiger partial charge in [-0.25, -0.2) is 19.3 Å². The maximum absolute atomic E-state index is 12.7. The van der Waals surface area contributed by atoms with Crippen molar-refractivity contribution in [3.8, 4) is 0 Å². The average molecular weight is 493 g/mol. The number of carbonyl (C=O) groups is 2. The standard InChI is InChI=1S/C27H24N8O2/c36-26(23-8-4-20(5-9-23)14-34-18-28-16-31-34)30-13-22-2-1-3-25(12-22)33-27(37)24-10-6-21(7-11-24)15-35-19-29-17-32-35/h1-12,16-19H,13-15H2,(H,30,36)(H,33,37). The summed E-state index contributed by atoms with van der Waals surface area (Å²) in [6.07, 6.45) is 6.27. The van der Waals surface area contributed by atoms with Crippen LogP contribution in [0.1, 0.15) is 37.4 Å². The number of rotatable bonds is 9. The number of benzene rings is 3. The molecule has 0 aliphatic heterocycles. The topological polar surface area (TPSA) is 120 Å². The van der Waals surface area contributed by atoms with Gasteiger partial charge < -0.3 is 10.6 Å². The van der Waals surface area contributed by atoms with E-state index in [2.05, 4.69) is 30.8 Å². The van der Waals surface area contributed by atoms with E-state index in [-0.39, 0.29) is 11.8 Å². The van der Waals surface area contributed by atoms with E-state index in [1.807, 2.05) is 48.5 Å². The smallest absolute Gasteiger partial charge is 0.255 e. The van der Waals surface area contributed by atoms with Gasteiger partial charge in [-0.1, -0.05) is 36.4 Å². The van der Waals surface area contributed by atoms with Gasteiger partial charge in [0.25, 0.3) is 11.8 Å². The van der Waals surface area contributed by atoms with Crippen molar-refractivity contribution in [1.82, 2.24) is 34.8 Å². The minimum atomic E-state index is -0.209. The highest BCUT2D eigenvalue weighted by Crippen LogP contribution is 2.14. The molecule has 0 fully saturated rings. The number of amides is 2. The van der Waals surface area contributed by atoms with E-state index < -0.39 is 0 Å². The first-order chi connectivity index (χ1) is 18.1. The fourth-order valence-corrected chi connectivity index (χ4v) is 3.77. The summed E-state index contributed by atoms with van der Waals surface area (Å²) in [7, 11) is 0. The fraction of sp³-hybridized carbons (Fsp3) is 0.111. The lowest BCUT2D eigenvalue weighted by atomic mass is 10.1. The second-order valence-electron chi connectivity index (χ2n) is 8.42. The van der Waals surface area contributed by atoms with E-state index in [4.69, 9.17) is 0 Å². The number of nitrogens with one attached hydrogen (secondary N) is 2. The molecule has 0 aliphatic carbocycles. The highest BCUT2D eigenvalue weighted by Gasteiger charge is 2.09. The molecule has 0 bridgehead atoms. The van der Waals surface area contributed by atoms with E-state index in [0.29, 0.717) is 36.4 Å². The van der Waals surface area contributed by atoms with Gasteiger partial charge >= 0.3 is 0 Å². The Kier molecular flexibility index (Phi) is 7.07. The number of hydrogen-bond donors (Lipinski definition) is 2. The first-order valence-corrected chi connectivity index (χ1v) is 11.6. The molecular weight excluding hydrogens is 468 g/mol. The van der Waals surface area contributed by atoms with E-state index in [9.17, 15) is 9.59 Å². The van der Waals surface area contributed by atoms with Gasteiger partial charge in [-0.05, 0) is 53.1 Å². The van der Waals surface area contributed by atoms with Gasteiger partial charge in [-0.2, -0.15) is 10.2 Å². The van der Waals surface area contributed by atoms with E-state index in [1.54, 1.807) is 46.3 Å². The Bertz CT molecular complexity index is 1460. The lowest BCUT2D eigenvalue weighted by Crippen LogP contribution is -2.23. The second-order valence-corrected chi connectivity index (χ2v) is 8.42. The number of hydrogen-bond acceptors (Lipinski definition) is 6. The Balaban J connectivity index is 1.14. The zero-order chi connectivity index (χ0) is 25.5. The molecule has 2 amide bonds. The predicted octanol–water partition coefficient (Wildman–Crippen LogP) is 3.15. The van der Waals surface area contributed by atoms with Gasteiger partial charge in [0, 0.05) is 23.4 Å². The minimum absolute atomic E-state index is 0.173. The van der Waals surface area contributed by atoms with Gasteiger partial charge in [-0.3, -0.25) is 9.59 Å². The van der Waals surface area contributed by atoms with Crippen LogP contribution in [-0.4, -0.2) is 41.3 Å². The van der Waals surface area contributed by atoms with Crippen molar-refractivity contribution < 1.29 is 9.59 Å². The molecule has 5 rings (SSSR count). The molecule has 2 heterocycles. The van der Waals surface area contributed by atoms with Crippen LogP contribution in [0, 0.1) is 0 Å². The summed E-state index contributed by atoms with van der Waals surface area (Å²) >= 11 is 0. The largest absolute Gasteiger partial charge is 0.348 e. The maximum atomic E-state index is 12.7. The first kappa shape index (κ1) is 23.6. The van der Waals surface area contributed by atoms with Crippen LogP contribution in [-0.2, 0) is 19.6 Å². The van der Waals surface area contributed by atoms with Crippen molar-refractivity contribution in [1.29, 1.82) is 0 Å². The molecule has 5 aromatic rings. The van der Waals surface area contributed by atoms with Crippen LogP contribution in [0.5, 0.6) is 0 Å². The summed E-state index contributed by atoms with van der Waals surface area (Å²) in [4.78, 5) is 33.2. The number of aromatic nitrogens is 6. The third kappa shape index (κ3) is 6.31. The summed E-state index contributed by atoms with van der Waals surface area (Å²) in [5, 5.41) is 14.0. The highest BCUT2D eigenvalue weighted by molar-refractivity contribution is 6.04. The molecule has 2 aromatic heterocycles. The number of nitrogens with zero attached hydrogens (tertiary/aromatic N) is 6. The SMILES string of the molecule is O=C(NCc1cccc(NC(=O)c2ccc(Cn3cncn3)cc2)c1)c1ccc(Cn2cncn2)cc1. The molecule has 0 spiro atoms. The maximum Gasteiger partial charge on any atom is 0.255 e. The molecule has 184 valence electrons. The molecule has 3 aromatic carbocycles. The highest BCUT2D eigenvalue weighted by atomic mass is 16.2. The Morgan fingerprint density at radius 3 is 1.78 bits per heavy atom. The summed E-state index contributed by atoms with van der Waals surface area (Å²) in [5.74, 6) is -0.382. The Morgan fingerprint density at radius 2 is 1.24 bits per heavy atom. The van der Waals surface area contributed by atoms with E-state index in [1.165, 1.54) is 12.7 Å². The lowest BCUT2D eigenvalue weighted by molar-refractivity contribution is 0.0950. The third-order valence-corrected chi connectivity index (χ3v) is 5.69. The molecule has 10 nitrogen and oxygen atoms in total. The quantitative estimate of drug-likeness (QED) is 0.326. The predicted molar refractivity (Wildman–Crippen MR) is 137 cm³/mol. The monoisotopic (exact) mass is 492 g/mol. The van der Waals surface area contributed by atoms with Crippen molar-refractivity contribution in [3.05, 3.63) is 126 Å². The molecule has 0 saturated carbocycles. The zero-order valence-corrected chi connectivity index (χ0v) is 19.9. The minimum Gasteiger partial charge on any atom is -0.348 e. The van der Waals surface area contributed by atoms with Gasteiger partial charge in [0.05, 0.1) is 13.1 Å². The Labute approximate surface area is 213 Å². The van der Waals surface area contributed by atoms with Crippen molar-refractivity contribution in [3.63, 3.8) is 0 Å². The van der Waals surface area contributed by atoms with Crippen LogP contribution in [0.2, 0.25) is 0 Å². The third-order valence-electron chi connectivity index (χ3n) is 5.69. The van der Waals surface area contributed by atoms with Crippen molar-refractivity contribution >= 4 is 17.5 Å². The van der Waals surface area contributed by atoms with E-state index in [0.717, 1.165) is 16.7 Å². The fourth-order valence-electron chi connectivity index (χ4n) is 3.77. The molecule has 37 heavy (non-hydrogen) atoms. The Hall–Kier alpha value is -5.12. The van der Waals surface area contributed by atoms with Crippen LogP contribution in [0.4, 0.5) is 5.69 Å². The molecule has 0 radical (unpaired) electrons. The van der Waals surface area contributed by atoms with Crippen LogP contribution < -0.4 is 10.6 Å². The van der Waals surface area contributed by atoms with Crippen LogP contribution in [0.3, 0.4) is 0 Å². The average Bonchev–Trinajstić information content (AvgIpc) is 3.63. The van der Waals surface area contributed by atoms with Crippen LogP contribution >= 0.6 is 0 Å². The second kappa shape index (κ2) is 11.1. The van der Waals surface area contributed by atoms with Gasteiger partial charge in [-0.15, -0.1) is 0 Å². The summed E-state index contributed by atoms with van der Waals surface area (Å²) < 4.78 is 3.44. The summed E-state index contributed by atoms with van der Waals surface area (Å²) in [6, 6.07) is 22.1. The van der Waals surface area contributed by atoms with E-state index >= 15 is 0 Å². The van der Waals surface area contributed by atoms with Gasteiger partial charge in [0.2, 0.25) is 0 Å². The lowest BCUT2D eigenvalue weighted by Gasteiger charge is -2.10. The van der Waals surface area contributed by atoms with Crippen molar-refractivity contribution in [2.75, 3.05) is 5.32 Å². The molecule has 0 unspecified atom stereocenters. The molecule has 2 N–H and O–H groups in total. The number of carbonyl (C=O) groups excluding carboxylic acids is 2. The van der Waals surface area contributed by atoms with Gasteiger partial charge in [0.1, 0.15) is 25.3 Å². The molecule has 0 saturated heterocycles. The first-order valence-electron chi connectivity index (χ1n) is 11.6.